The van der Waals surface area contributed by atoms with Crippen molar-refractivity contribution in [1.29, 1.82) is 0 Å². The molecule has 2 amide bonds. The Morgan fingerprint density at radius 1 is 1.26 bits per heavy atom. The quantitative estimate of drug-likeness (QED) is 0.681. The van der Waals surface area contributed by atoms with E-state index in [2.05, 4.69) is 15.6 Å². The number of nitrogens with zero attached hydrogens (tertiary/aromatic N) is 2. The molecule has 0 spiro atoms. The summed E-state index contributed by atoms with van der Waals surface area (Å²) in [6, 6.07) is 5.41. The molecule has 0 aromatic carbocycles. The summed E-state index contributed by atoms with van der Waals surface area (Å²) < 4.78 is 1.82. The van der Waals surface area contributed by atoms with Crippen LogP contribution in [-0.4, -0.2) is 21.2 Å². The third kappa shape index (κ3) is 4.48. The van der Waals surface area contributed by atoms with Crippen molar-refractivity contribution in [1.82, 2.24) is 14.7 Å². The van der Waals surface area contributed by atoms with Gasteiger partial charge in [0.1, 0.15) is 5.65 Å². The molecule has 0 atom stereocenters. The molecule has 0 saturated carbocycles. The number of hydrogen-bond acceptors (Lipinski definition) is 4. The molecule has 8 heteroatoms. The molecule has 142 valence electrons. The SMILES string of the molecule is Cc1cc(NC(=O)C(C)(C)C)sc1C(=O)NCc1cn2cc(Cl)ccc2n1. The van der Waals surface area contributed by atoms with E-state index in [1.807, 2.05) is 50.4 Å². The van der Waals surface area contributed by atoms with E-state index in [0.717, 1.165) is 16.9 Å². The van der Waals surface area contributed by atoms with Crippen molar-refractivity contribution >= 4 is 45.4 Å². The second-order valence-corrected chi connectivity index (χ2v) is 8.84. The van der Waals surface area contributed by atoms with Gasteiger partial charge in [-0.15, -0.1) is 11.3 Å². The van der Waals surface area contributed by atoms with Crippen molar-refractivity contribution in [2.75, 3.05) is 5.32 Å². The zero-order valence-electron chi connectivity index (χ0n) is 15.6. The number of rotatable bonds is 4. The van der Waals surface area contributed by atoms with Crippen LogP contribution in [0.2, 0.25) is 5.02 Å². The number of fused-ring (bicyclic) bond motifs is 1. The number of anilines is 1. The van der Waals surface area contributed by atoms with Gasteiger partial charge in [0, 0.05) is 17.8 Å². The van der Waals surface area contributed by atoms with Crippen molar-refractivity contribution in [2.45, 2.75) is 34.2 Å². The number of halogens is 1. The smallest absolute Gasteiger partial charge is 0.262 e. The van der Waals surface area contributed by atoms with Gasteiger partial charge in [0.25, 0.3) is 5.91 Å². The fourth-order valence-electron chi connectivity index (χ4n) is 2.42. The Hall–Kier alpha value is -2.38. The summed E-state index contributed by atoms with van der Waals surface area (Å²) >= 11 is 7.24. The molecule has 0 aliphatic rings. The minimum atomic E-state index is -0.494. The van der Waals surface area contributed by atoms with E-state index in [-0.39, 0.29) is 11.8 Å². The van der Waals surface area contributed by atoms with Crippen LogP contribution in [0.15, 0.2) is 30.6 Å². The number of amides is 2. The molecule has 0 radical (unpaired) electrons. The second-order valence-electron chi connectivity index (χ2n) is 7.35. The maximum atomic E-state index is 12.5. The molecule has 27 heavy (non-hydrogen) atoms. The van der Waals surface area contributed by atoms with E-state index >= 15 is 0 Å². The molecule has 0 fully saturated rings. The molecule has 0 aliphatic heterocycles. The van der Waals surface area contributed by atoms with Crippen LogP contribution in [0.1, 0.15) is 41.7 Å². The Kier molecular flexibility index (Phi) is 5.26. The van der Waals surface area contributed by atoms with Gasteiger partial charge in [0.05, 0.1) is 27.1 Å². The van der Waals surface area contributed by atoms with E-state index in [1.54, 1.807) is 12.3 Å². The lowest BCUT2D eigenvalue weighted by molar-refractivity contribution is -0.123. The zero-order valence-corrected chi connectivity index (χ0v) is 17.2. The van der Waals surface area contributed by atoms with Crippen molar-refractivity contribution in [2.24, 2.45) is 5.41 Å². The minimum Gasteiger partial charge on any atom is -0.346 e. The number of carbonyl (C=O) groups excluding carboxylic acids is 2. The predicted molar refractivity (Wildman–Crippen MR) is 109 cm³/mol. The molecular formula is C19H21ClN4O2S. The van der Waals surface area contributed by atoms with Gasteiger partial charge < -0.3 is 15.0 Å². The summed E-state index contributed by atoms with van der Waals surface area (Å²) in [6.45, 7) is 7.69. The molecule has 0 unspecified atom stereocenters. The van der Waals surface area contributed by atoms with E-state index in [1.165, 1.54) is 11.3 Å². The Balaban J connectivity index is 1.67. The average Bonchev–Trinajstić information content (AvgIpc) is 3.14. The van der Waals surface area contributed by atoms with Crippen LogP contribution >= 0.6 is 22.9 Å². The number of carbonyl (C=O) groups is 2. The number of aryl methyl sites for hydroxylation is 1. The van der Waals surface area contributed by atoms with Crippen LogP contribution in [0.3, 0.4) is 0 Å². The predicted octanol–water partition coefficient (Wildman–Crippen LogP) is 4.27. The van der Waals surface area contributed by atoms with Gasteiger partial charge in [0.15, 0.2) is 0 Å². The van der Waals surface area contributed by atoms with Gasteiger partial charge in [-0.25, -0.2) is 4.98 Å². The van der Waals surface area contributed by atoms with Crippen LogP contribution in [0.4, 0.5) is 5.00 Å². The van der Waals surface area contributed by atoms with Gasteiger partial charge in [-0.1, -0.05) is 32.4 Å². The van der Waals surface area contributed by atoms with Gasteiger partial charge in [-0.3, -0.25) is 9.59 Å². The Morgan fingerprint density at radius 2 is 2.00 bits per heavy atom. The van der Waals surface area contributed by atoms with E-state index in [0.29, 0.717) is 21.4 Å². The molecule has 3 aromatic rings. The van der Waals surface area contributed by atoms with Crippen LogP contribution in [-0.2, 0) is 11.3 Å². The molecule has 6 nitrogen and oxygen atoms in total. The number of aromatic nitrogens is 2. The number of imidazole rings is 1. The summed E-state index contributed by atoms with van der Waals surface area (Å²) in [7, 11) is 0. The molecule has 0 aliphatic carbocycles. The van der Waals surface area contributed by atoms with Gasteiger partial charge in [-0.05, 0) is 30.7 Å². The fourth-order valence-corrected chi connectivity index (χ4v) is 3.57. The lowest BCUT2D eigenvalue weighted by Gasteiger charge is -2.16. The third-order valence-corrected chi connectivity index (χ3v) is 5.31. The summed E-state index contributed by atoms with van der Waals surface area (Å²) in [4.78, 5) is 29.7. The second kappa shape index (κ2) is 7.32. The normalized spacial score (nSPS) is 11.6. The van der Waals surface area contributed by atoms with Crippen molar-refractivity contribution in [3.05, 3.63) is 51.7 Å². The van der Waals surface area contributed by atoms with Crippen molar-refractivity contribution in [3.63, 3.8) is 0 Å². The molecule has 0 bridgehead atoms. The highest BCUT2D eigenvalue weighted by molar-refractivity contribution is 7.18. The molecule has 3 aromatic heterocycles. The largest absolute Gasteiger partial charge is 0.346 e. The summed E-state index contributed by atoms with van der Waals surface area (Å²) in [5.74, 6) is -0.275. The maximum absolute atomic E-state index is 12.5. The number of pyridine rings is 1. The van der Waals surface area contributed by atoms with Crippen molar-refractivity contribution in [3.8, 4) is 0 Å². The van der Waals surface area contributed by atoms with E-state index in [9.17, 15) is 9.59 Å². The standard InChI is InChI=1S/C19H21ClN4O2S/c1-11-7-15(23-18(26)19(2,3)4)27-16(11)17(25)21-8-13-10-24-9-12(20)5-6-14(24)22-13/h5-7,9-10H,8H2,1-4H3,(H,21,25)(H,23,26). The highest BCUT2D eigenvalue weighted by atomic mass is 35.5. The Bertz CT molecular complexity index is 1020. The van der Waals surface area contributed by atoms with Gasteiger partial charge >= 0.3 is 0 Å². The first-order valence-electron chi connectivity index (χ1n) is 8.47. The van der Waals surface area contributed by atoms with Gasteiger partial charge in [0.2, 0.25) is 5.91 Å². The number of nitrogens with one attached hydrogen (secondary N) is 2. The third-order valence-electron chi connectivity index (χ3n) is 3.94. The van der Waals surface area contributed by atoms with Crippen molar-refractivity contribution < 1.29 is 9.59 Å². The van der Waals surface area contributed by atoms with E-state index < -0.39 is 5.41 Å². The lowest BCUT2D eigenvalue weighted by atomic mass is 9.96. The topological polar surface area (TPSA) is 75.5 Å². The monoisotopic (exact) mass is 404 g/mol. The van der Waals surface area contributed by atoms with Gasteiger partial charge in [-0.2, -0.15) is 0 Å². The summed E-state index contributed by atoms with van der Waals surface area (Å²) in [5, 5.41) is 7.03. The lowest BCUT2D eigenvalue weighted by Crippen LogP contribution is -2.27. The Labute approximate surface area is 166 Å². The fraction of sp³-hybridized carbons (Fsp3) is 0.316. The maximum Gasteiger partial charge on any atom is 0.262 e. The van der Waals surface area contributed by atoms with E-state index in [4.69, 9.17) is 11.6 Å². The van der Waals surface area contributed by atoms with Crippen LogP contribution < -0.4 is 10.6 Å². The average molecular weight is 405 g/mol. The zero-order chi connectivity index (χ0) is 19.8. The molecule has 3 heterocycles. The summed E-state index contributed by atoms with van der Waals surface area (Å²) in [5.41, 5.74) is 1.83. The first kappa shape index (κ1) is 19.4. The molecule has 2 N–H and O–H groups in total. The van der Waals surface area contributed by atoms with Crippen LogP contribution in [0.5, 0.6) is 0 Å². The highest BCUT2D eigenvalue weighted by Crippen LogP contribution is 2.28. The summed E-state index contributed by atoms with van der Waals surface area (Å²) in [6.07, 6.45) is 3.60. The minimum absolute atomic E-state index is 0.0842. The number of thiophene rings is 1. The highest BCUT2D eigenvalue weighted by Gasteiger charge is 2.23. The number of hydrogen-bond donors (Lipinski definition) is 2. The van der Waals surface area contributed by atoms with Crippen LogP contribution in [0, 0.1) is 12.3 Å². The Morgan fingerprint density at radius 3 is 2.70 bits per heavy atom. The van der Waals surface area contributed by atoms with Crippen LogP contribution in [0.25, 0.3) is 5.65 Å². The first-order valence-corrected chi connectivity index (χ1v) is 9.66. The molecular weight excluding hydrogens is 384 g/mol. The molecule has 0 saturated heterocycles. The molecule has 3 rings (SSSR count). The first-order chi connectivity index (χ1) is 12.6.